The van der Waals surface area contributed by atoms with Crippen LogP contribution in [-0.2, 0) is 14.3 Å². The van der Waals surface area contributed by atoms with Crippen molar-refractivity contribution in [3.05, 3.63) is 36.3 Å². The van der Waals surface area contributed by atoms with E-state index in [0.717, 1.165) is 61.9 Å². The minimum absolute atomic E-state index is 0.128. The Morgan fingerprint density at radius 1 is 1.15 bits per heavy atom. The van der Waals surface area contributed by atoms with Crippen LogP contribution >= 0.6 is 0 Å². The van der Waals surface area contributed by atoms with Crippen molar-refractivity contribution in [2.45, 2.75) is 37.7 Å². The van der Waals surface area contributed by atoms with Gasteiger partial charge in [0.25, 0.3) is 0 Å². The normalized spacial score (nSPS) is 20.6. The van der Waals surface area contributed by atoms with Crippen molar-refractivity contribution in [3.63, 3.8) is 0 Å². The second kappa shape index (κ2) is 10.2. The number of carbonyl (C=O) groups excluding carboxylic acids is 1. The summed E-state index contributed by atoms with van der Waals surface area (Å²) in [6.07, 6.45) is 9.93. The van der Waals surface area contributed by atoms with E-state index >= 15 is 0 Å². The number of ether oxygens (including phenoxy) is 2. The molecular formula is C25H33N5O3. The number of likely N-dealkylation sites (tertiary alicyclic amines) is 2. The van der Waals surface area contributed by atoms with Gasteiger partial charge in [-0.2, -0.15) is 0 Å². The molecule has 1 unspecified atom stereocenters. The lowest BCUT2D eigenvalue weighted by Crippen LogP contribution is -2.48. The quantitative estimate of drug-likeness (QED) is 0.556. The number of H-pyrrole nitrogens is 1. The van der Waals surface area contributed by atoms with Crippen molar-refractivity contribution in [2.75, 3.05) is 53.0 Å². The van der Waals surface area contributed by atoms with Gasteiger partial charge in [-0.15, -0.1) is 0 Å². The minimum Gasteiger partial charge on any atom is -0.382 e. The molecule has 0 bridgehead atoms. The van der Waals surface area contributed by atoms with Gasteiger partial charge < -0.3 is 19.4 Å². The zero-order valence-corrected chi connectivity index (χ0v) is 19.3. The number of pyridine rings is 2. The van der Waals surface area contributed by atoms with Gasteiger partial charge in [0, 0.05) is 43.4 Å². The molecule has 3 aromatic heterocycles. The predicted octanol–water partition coefficient (Wildman–Crippen LogP) is 2.94. The van der Waals surface area contributed by atoms with Crippen molar-refractivity contribution >= 4 is 27.8 Å². The molecule has 2 aliphatic heterocycles. The monoisotopic (exact) mass is 451 g/mol. The molecule has 2 aliphatic rings. The molecule has 0 spiro atoms. The number of fused-ring (bicyclic) bond motifs is 3. The summed E-state index contributed by atoms with van der Waals surface area (Å²) in [4.78, 5) is 29.5. The van der Waals surface area contributed by atoms with Crippen LogP contribution in [0.5, 0.6) is 0 Å². The Morgan fingerprint density at radius 3 is 2.88 bits per heavy atom. The molecule has 0 aliphatic carbocycles. The van der Waals surface area contributed by atoms with Gasteiger partial charge in [-0.3, -0.25) is 14.7 Å². The summed E-state index contributed by atoms with van der Waals surface area (Å²) in [6, 6.07) is 4.26. The molecule has 1 N–H and O–H groups in total. The number of aromatic nitrogens is 3. The van der Waals surface area contributed by atoms with E-state index in [1.165, 1.54) is 10.9 Å². The fourth-order valence-corrected chi connectivity index (χ4v) is 5.31. The molecule has 1 atom stereocenters. The number of amides is 1. The summed E-state index contributed by atoms with van der Waals surface area (Å²) in [5, 5.41) is 2.35. The highest BCUT2D eigenvalue weighted by Gasteiger charge is 2.28. The Bertz CT molecular complexity index is 1090. The summed E-state index contributed by atoms with van der Waals surface area (Å²) >= 11 is 0. The highest BCUT2D eigenvalue weighted by atomic mass is 16.5. The smallest absolute Gasteiger partial charge is 0.236 e. The second-order valence-electron chi connectivity index (χ2n) is 9.18. The molecular weight excluding hydrogens is 418 g/mol. The lowest BCUT2D eigenvalue weighted by molar-refractivity contribution is -0.137. The molecule has 8 nitrogen and oxygen atoms in total. The van der Waals surface area contributed by atoms with E-state index in [0.29, 0.717) is 32.2 Å². The molecule has 33 heavy (non-hydrogen) atoms. The maximum Gasteiger partial charge on any atom is 0.236 e. The van der Waals surface area contributed by atoms with E-state index in [1.54, 1.807) is 7.11 Å². The Kier molecular flexibility index (Phi) is 6.85. The number of hydrogen-bond donors (Lipinski definition) is 1. The van der Waals surface area contributed by atoms with E-state index in [9.17, 15) is 4.79 Å². The van der Waals surface area contributed by atoms with Crippen LogP contribution in [0, 0.1) is 0 Å². The third-order valence-corrected chi connectivity index (χ3v) is 7.08. The van der Waals surface area contributed by atoms with Crippen LogP contribution < -0.4 is 0 Å². The highest BCUT2D eigenvalue weighted by Crippen LogP contribution is 2.35. The molecule has 1 amide bonds. The van der Waals surface area contributed by atoms with Gasteiger partial charge in [-0.1, -0.05) is 0 Å². The molecule has 8 heteroatoms. The molecule has 176 valence electrons. The molecule has 2 fully saturated rings. The van der Waals surface area contributed by atoms with Crippen molar-refractivity contribution in [3.8, 4) is 0 Å². The average molecular weight is 452 g/mol. The largest absolute Gasteiger partial charge is 0.382 e. The number of hydrogen-bond acceptors (Lipinski definition) is 6. The van der Waals surface area contributed by atoms with Crippen LogP contribution in [0.1, 0.15) is 37.2 Å². The zero-order chi connectivity index (χ0) is 22.6. The predicted molar refractivity (Wildman–Crippen MR) is 127 cm³/mol. The van der Waals surface area contributed by atoms with Crippen LogP contribution in [0.2, 0.25) is 0 Å². The molecule has 5 heterocycles. The number of nitrogens with zero attached hydrogens (tertiary/aromatic N) is 4. The van der Waals surface area contributed by atoms with Gasteiger partial charge in [-0.25, -0.2) is 4.98 Å². The van der Waals surface area contributed by atoms with Gasteiger partial charge in [0.2, 0.25) is 5.91 Å². The topological polar surface area (TPSA) is 83.6 Å². The number of aromatic amines is 1. The van der Waals surface area contributed by atoms with E-state index in [-0.39, 0.29) is 12.0 Å². The summed E-state index contributed by atoms with van der Waals surface area (Å²) in [6.45, 7) is 5.09. The first-order chi connectivity index (χ1) is 16.2. The van der Waals surface area contributed by atoms with E-state index in [2.05, 4.69) is 32.0 Å². The highest BCUT2D eigenvalue weighted by molar-refractivity contribution is 6.05. The second-order valence-corrected chi connectivity index (χ2v) is 9.18. The lowest BCUT2D eigenvalue weighted by atomic mass is 9.87. The van der Waals surface area contributed by atoms with Crippen LogP contribution in [0.4, 0.5) is 0 Å². The molecule has 0 radical (unpaired) electrons. The van der Waals surface area contributed by atoms with E-state index in [4.69, 9.17) is 9.47 Å². The Balaban J connectivity index is 1.19. The summed E-state index contributed by atoms with van der Waals surface area (Å²) in [7, 11) is 1.68. The van der Waals surface area contributed by atoms with Crippen LogP contribution in [0.3, 0.4) is 0 Å². The van der Waals surface area contributed by atoms with Gasteiger partial charge in [0.05, 0.1) is 37.6 Å². The first-order valence-corrected chi connectivity index (χ1v) is 12.0. The first kappa shape index (κ1) is 22.3. The number of rotatable bonds is 7. The molecule has 3 aromatic rings. The van der Waals surface area contributed by atoms with Crippen molar-refractivity contribution in [1.29, 1.82) is 0 Å². The fraction of sp³-hybridized carbons (Fsp3) is 0.560. The lowest BCUT2D eigenvalue weighted by Gasteiger charge is -2.36. The van der Waals surface area contributed by atoms with Gasteiger partial charge in [0.1, 0.15) is 5.65 Å². The number of piperidine rings is 2. The summed E-state index contributed by atoms with van der Waals surface area (Å²) in [5.41, 5.74) is 3.21. The maximum atomic E-state index is 13.0. The zero-order valence-electron chi connectivity index (χ0n) is 19.3. The molecule has 0 aromatic carbocycles. The van der Waals surface area contributed by atoms with Crippen molar-refractivity contribution in [2.24, 2.45) is 0 Å². The minimum atomic E-state index is 0.128. The van der Waals surface area contributed by atoms with Crippen LogP contribution in [0.15, 0.2) is 30.7 Å². The summed E-state index contributed by atoms with van der Waals surface area (Å²) < 4.78 is 10.9. The van der Waals surface area contributed by atoms with Crippen molar-refractivity contribution < 1.29 is 14.3 Å². The van der Waals surface area contributed by atoms with Gasteiger partial charge in [-0.05, 0) is 62.4 Å². The number of carbonyl (C=O) groups is 1. The van der Waals surface area contributed by atoms with E-state index in [1.807, 2.05) is 23.5 Å². The van der Waals surface area contributed by atoms with Gasteiger partial charge >= 0.3 is 0 Å². The standard InChI is InChI=1S/C25H33N5O3/c1-32-13-14-33-19-3-2-10-30(16-19)23(31)17-29-11-6-18(7-12-29)20-4-8-26-22-15-28-25-21(24(20)22)5-9-27-25/h4-5,8-9,15,18-19H,2-3,6-7,10-14,16-17H2,1H3,(H,27,28). The average Bonchev–Trinajstić information content (AvgIpc) is 3.34. The van der Waals surface area contributed by atoms with E-state index < -0.39 is 0 Å². The fourth-order valence-electron chi connectivity index (χ4n) is 5.31. The Hall–Kier alpha value is -2.55. The number of nitrogens with one attached hydrogen (secondary N) is 1. The molecule has 2 saturated heterocycles. The third-order valence-electron chi connectivity index (χ3n) is 7.08. The SMILES string of the molecule is COCCOC1CCCN(C(=O)CN2CCC(c3ccnc4cnc5[nH]ccc5c34)CC2)C1. The molecule has 0 saturated carbocycles. The summed E-state index contributed by atoms with van der Waals surface area (Å²) in [5.74, 6) is 0.693. The van der Waals surface area contributed by atoms with Crippen LogP contribution in [-0.4, -0.2) is 89.8 Å². The Labute approximate surface area is 194 Å². The van der Waals surface area contributed by atoms with Crippen molar-refractivity contribution in [1.82, 2.24) is 24.8 Å². The molecule has 5 rings (SSSR count). The first-order valence-electron chi connectivity index (χ1n) is 12.0. The van der Waals surface area contributed by atoms with Gasteiger partial charge in [0.15, 0.2) is 0 Å². The van der Waals surface area contributed by atoms with Crippen LogP contribution in [0.25, 0.3) is 21.9 Å². The Morgan fingerprint density at radius 2 is 2.03 bits per heavy atom. The third kappa shape index (κ3) is 4.88. The maximum absolute atomic E-state index is 13.0. The number of methoxy groups -OCH3 is 1.